The molecular weight excluding hydrogens is 454 g/mol. The van der Waals surface area contributed by atoms with Crippen LogP contribution < -0.4 is 10.1 Å². The minimum atomic E-state index is -0.241. The molecule has 1 N–H and O–H groups in total. The molecule has 0 saturated carbocycles. The molecule has 0 atom stereocenters. The lowest BCUT2D eigenvalue weighted by Gasteiger charge is -2.26. The highest BCUT2D eigenvalue weighted by Gasteiger charge is 2.19. The van der Waals surface area contributed by atoms with Crippen molar-refractivity contribution < 1.29 is 19.1 Å². The van der Waals surface area contributed by atoms with Crippen LogP contribution >= 0.6 is 0 Å². The molecule has 1 aromatic heterocycles. The van der Waals surface area contributed by atoms with Crippen LogP contribution in [0.5, 0.6) is 5.75 Å². The molecule has 1 aliphatic heterocycles. The monoisotopic (exact) mass is 481 g/mol. The SMILES string of the molecule is COc1ccc(-c2cc(C(=O)Nc3ccc(C(=O)N4CCOCC4)cc3)c3cccc(C)c3n2)cc1. The molecule has 0 unspecified atom stereocenters. The lowest BCUT2D eigenvalue weighted by molar-refractivity contribution is 0.0303. The molecule has 3 aromatic carbocycles. The van der Waals surface area contributed by atoms with Gasteiger partial charge in [0.2, 0.25) is 0 Å². The zero-order chi connectivity index (χ0) is 25.1. The van der Waals surface area contributed by atoms with Crippen molar-refractivity contribution in [2.75, 3.05) is 38.7 Å². The van der Waals surface area contributed by atoms with Crippen LogP contribution in [0.3, 0.4) is 0 Å². The van der Waals surface area contributed by atoms with Gasteiger partial charge in [-0.05, 0) is 67.1 Å². The Bertz CT molecular complexity index is 1410. The second-order valence-corrected chi connectivity index (χ2v) is 8.69. The zero-order valence-corrected chi connectivity index (χ0v) is 20.3. The van der Waals surface area contributed by atoms with Crippen molar-refractivity contribution in [1.82, 2.24) is 9.88 Å². The van der Waals surface area contributed by atoms with Gasteiger partial charge in [-0.1, -0.05) is 18.2 Å². The maximum Gasteiger partial charge on any atom is 0.256 e. The number of pyridine rings is 1. The largest absolute Gasteiger partial charge is 0.497 e. The number of hydrogen-bond donors (Lipinski definition) is 1. The predicted octanol–water partition coefficient (Wildman–Crippen LogP) is 4.94. The minimum Gasteiger partial charge on any atom is -0.497 e. The van der Waals surface area contributed by atoms with Gasteiger partial charge in [-0.15, -0.1) is 0 Å². The summed E-state index contributed by atoms with van der Waals surface area (Å²) in [6.07, 6.45) is 0. The predicted molar refractivity (Wildman–Crippen MR) is 140 cm³/mol. The molecule has 182 valence electrons. The molecule has 1 fully saturated rings. The number of nitrogens with one attached hydrogen (secondary N) is 1. The van der Waals surface area contributed by atoms with Crippen molar-refractivity contribution in [3.8, 4) is 17.0 Å². The highest BCUT2D eigenvalue weighted by Crippen LogP contribution is 2.28. The van der Waals surface area contributed by atoms with Crippen LogP contribution in [0.4, 0.5) is 5.69 Å². The maximum atomic E-state index is 13.4. The number of hydrogen-bond acceptors (Lipinski definition) is 5. The van der Waals surface area contributed by atoms with Crippen LogP contribution in [-0.2, 0) is 4.74 Å². The summed E-state index contributed by atoms with van der Waals surface area (Å²) in [4.78, 5) is 32.8. The lowest BCUT2D eigenvalue weighted by Crippen LogP contribution is -2.40. The number of fused-ring (bicyclic) bond motifs is 1. The number of amides is 2. The van der Waals surface area contributed by atoms with E-state index in [4.69, 9.17) is 14.5 Å². The molecule has 4 aromatic rings. The number of rotatable bonds is 5. The molecular formula is C29H27N3O4. The number of morpholine rings is 1. The van der Waals surface area contributed by atoms with Gasteiger partial charge in [0.15, 0.2) is 0 Å². The molecule has 0 spiro atoms. The van der Waals surface area contributed by atoms with Crippen LogP contribution in [-0.4, -0.2) is 55.1 Å². The third-order valence-corrected chi connectivity index (χ3v) is 6.36. The Balaban J connectivity index is 1.43. The molecule has 7 nitrogen and oxygen atoms in total. The first kappa shape index (κ1) is 23.5. The van der Waals surface area contributed by atoms with Gasteiger partial charge < -0.3 is 19.7 Å². The number of aryl methyl sites for hydroxylation is 1. The van der Waals surface area contributed by atoms with E-state index < -0.39 is 0 Å². The van der Waals surface area contributed by atoms with Crippen molar-refractivity contribution in [2.24, 2.45) is 0 Å². The number of benzene rings is 3. The Morgan fingerprint density at radius 3 is 2.39 bits per heavy atom. The van der Waals surface area contributed by atoms with Crippen molar-refractivity contribution in [2.45, 2.75) is 6.92 Å². The molecule has 2 heterocycles. The Morgan fingerprint density at radius 2 is 1.69 bits per heavy atom. The van der Waals surface area contributed by atoms with E-state index >= 15 is 0 Å². The highest BCUT2D eigenvalue weighted by atomic mass is 16.5. The Morgan fingerprint density at radius 1 is 0.972 bits per heavy atom. The third kappa shape index (κ3) is 4.78. The van der Waals surface area contributed by atoms with Gasteiger partial charge >= 0.3 is 0 Å². The topological polar surface area (TPSA) is 80.8 Å². The summed E-state index contributed by atoms with van der Waals surface area (Å²) in [6, 6.07) is 22.2. The fourth-order valence-electron chi connectivity index (χ4n) is 4.33. The quantitative estimate of drug-likeness (QED) is 0.437. The standard InChI is InChI=1S/C29H27N3O4/c1-19-4-3-5-24-25(18-26(31-27(19)24)20-8-12-23(35-2)13-9-20)28(33)30-22-10-6-21(7-11-22)29(34)32-14-16-36-17-15-32/h3-13,18H,14-17H2,1-2H3,(H,30,33). The average Bonchev–Trinajstić information content (AvgIpc) is 2.93. The molecule has 0 radical (unpaired) electrons. The molecule has 7 heteroatoms. The molecule has 0 bridgehead atoms. The normalized spacial score (nSPS) is 13.4. The van der Waals surface area contributed by atoms with Gasteiger partial charge in [-0.3, -0.25) is 9.59 Å². The van der Waals surface area contributed by atoms with E-state index in [1.165, 1.54) is 0 Å². The number of carbonyl (C=O) groups excluding carboxylic acids is 2. The summed E-state index contributed by atoms with van der Waals surface area (Å²) in [5, 5.41) is 3.76. The second kappa shape index (κ2) is 10.2. The molecule has 0 aliphatic carbocycles. The number of methoxy groups -OCH3 is 1. The van der Waals surface area contributed by atoms with Gasteiger partial charge in [0, 0.05) is 35.3 Å². The number of ether oxygens (including phenoxy) is 2. The summed E-state index contributed by atoms with van der Waals surface area (Å²) in [5.41, 5.74) is 5.09. The van der Waals surface area contributed by atoms with E-state index in [2.05, 4.69) is 5.32 Å². The van der Waals surface area contributed by atoms with Gasteiger partial charge in [0.05, 0.1) is 37.1 Å². The van der Waals surface area contributed by atoms with E-state index in [0.717, 1.165) is 27.8 Å². The van der Waals surface area contributed by atoms with Gasteiger partial charge in [0.25, 0.3) is 11.8 Å². The fourth-order valence-corrected chi connectivity index (χ4v) is 4.33. The first-order valence-electron chi connectivity index (χ1n) is 11.9. The van der Waals surface area contributed by atoms with E-state index in [9.17, 15) is 9.59 Å². The number of carbonyl (C=O) groups is 2. The van der Waals surface area contributed by atoms with Crippen molar-refractivity contribution >= 4 is 28.4 Å². The van der Waals surface area contributed by atoms with Gasteiger partial charge in [0.1, 0.15) is 5.75 Å². The highest BCUT2D eigenvalue weighted by molar-refractivity contribution is 6.13. The zero-order valence-electron chi connectivity index (χ0n) is 20.3. The van der Waals surface area contributed by atoms with Gasteiger partial charge in [-0.2, -0.15) is 0 Å². The fraction of sp³-hybridized carbons (Fsp3) is 0.207. The number of aromatic nitrogens is 1. The number of para-hydroxylation sites is 1. The molecule has 1 saturated heterocycles. The van der Waals surface area contributed by atoms with Crippen LogP contribution in [0.2, 0.25) is 0 Å². The summed E-state index contributed by atoms with van der Waals surface area (Å²) >= 11 is 0. The molecule has 2 amide bonds. The minimum absolute atomic E-state index is 0.0316. The summed E-state index contributed by atoms with van der Waals surface area (Å²) in [7, 11) is 1.63. The van der Waals surface area contributed by atoms with Crippen LogP contribution in [0.25, 0.3) is 22.2 Å². The first-order valence-corrected chi connectivity index (χ1v) is 11.9. The maximum absolute atomic E-state index is 13.4. The van der Waals surface area contributed by atoms with Crippen LogP contribution in [0.1, 0.15) is 26.3 Å². The average molecular weight is 482 g/mol. The van der Waals surface area contributed by atoms with E-state index in [1.807, 2.05) is 55.5 Å². The lowest BCUT2D eigenvalue weighted by atomic mass is 10.0. The Labute approximate surface area is 209 Å². The van der Waals surface area contributed by atoms with E-state index in [-0.39, 0.29) is 11.8 Å². The Hall–Kier alpha value is -4.23. The smallest absolute Gasteiger partial charge is 0.256 e. The van der Waals surface area contributed by atoms with Crippen molar-refractivity contribution in [3.05, 3.63) is 89.5 Å². The second-order valence-electron chi connectivity index (χ2n) is 8.69. The van der Waals surface area contributed by atoms with Crippen molar-refractivity contribution in [1.29, 1.82) is 0 Å². The number of anilines is 1. The summed E-state index contributed by atoms with van der Waals surface area (Å²) in [5.74, 6) is 0.482. The van der Waals surface area contributed by atoms with Crippen molar-refractivity contribution in [3.63, 3.8) is 0 Å². The molecule has 36 heavy (non-hydrogen) atoms. The molecule has 1 aliphatic rings. The number of nitrogens with zero attached hydrogens (tertiary/aromatic N) is 2. The first-order chi connectivity index (χ1) is 17.5. The van der Waals surface area contributed by atoms with Crippen LogP contribution in [0.15, 0.2) is 72.8 Å². The van der Waals surface area contributed by atoms with E-state index in [0.29, 0.717) is 48.8 Å². The van der Waals surface area contributed by atoms with Gasteiger partial charge in [-0.25, -0.2) is 4.98 Å². The van der Waals surface area contributed by atoms with E-state index in [1.54, 1.807) is 36.3 Å². The summed E-state index contributed by atoms with van der Waals surface area (Å²) in [6.45, 7) is 4.26. The summed E-state index contributed by atoms with van der Waals surface area (Å²) < 4.78 is 10.6. The molecule has 5 rings (SSSR count). The Kier molecular flexibility index (Phi) is 6.64. The third-order valence-electron chi connectivity index (χ3n) is 6.36. The van der Waals surface area contributed by atoms with Crippen LogP contribution in [0, 0.1) is 6.92 Å².